The van der Waals surface area contributed by atoms with E-state index in [0.29, 0.717) is 24.9 Å². The number of fused-ring (bicyclic) bond motifs is 1. The number of benzene rings is 2. The van der Waals surface area contributed by atoms with Gasteiger partial charge < -0.3 is 29.7 Å². The number of anilines is 1. The van der Waals surface area contributed by atoms with Crippen LogP contribution in [0.2, 0.25) is 0 Å². The highest BCUT2D eigenvalue weighted by Crippen LogP contribution is 2.58. The van der Waals surface area contributed by atoms with E-state index in [9.17, 15) is 24.3 Å². The maximum atomic E-state index is 14.6. The molecule has 3 fully saturated rings. The van der Waals surface area contributed by atoms with Crippen molar-refractivity contribution >= 4 is 29.4 Å². The fourth-order valence-electron chi connectivity index (χ4n) is 7.32. The van der Waals surface area contributed by atoms with E-state index in [0.717, 1.165) is 16.7 Å². The Kier molecular flexibility index (Phi) is 10.1. The monoisotopic (exact) mass is 629 g/mol. The third kappa shape index (κ3) is 6.11. The summed E-state index contributed by atoms with van der Waals surface area (Å²) in [4.78, 5) is 58.2. The zero-order valence-corrected chi connectivity index (χ0v) is 26.5. The Hall–Kier alpha value is -4.28. The molecule has 3 aliphatic heterocycles. The number of amides is 3. The van der Waals surface area contributed by atoms with Crippen LogP contribution in [0.3, 0.4) is 0 Å². The molecule has 3 amide bonds. The Balaban J connectivity index is 1.45. The SMILES string of the molecule is C=CCCC(=O)OC[C@H](NC(=O)[C@@H]1[C@@H]2CC[C@]3(O2)[C@H](C(=O)N(CC=C)c2cc(C)ccc2C)N(CCO)C(=O)[C@@H]13)c1ccccc1. The Morgan fingerprint density at radius 3 is 2.63 bits per heavy atom. The molecule has 0 saturated carbocycles. The number of carbonyl (C=O) groups is 4. The molecule has 2 N–H and O–H groups in total. The van der Waals surface area contributed by atoms with Gasteiger partial charge in [0.25, 0.3) is 5.91 Å². The average molecular weight is 630 g/mol. The molecule has 0 unspecified atom stereocenters. The van der Waals surface area contributed by atoms with E-state index in [1.165, 1.54) is 4.90 Å². The van der Waals surface area contributed by atoms with E-state index in [2.05, 4.69) is 18.5 Å². The van der Waals surface area contributed by atoms with Gasteiger partial charge in [-0.15, -0.1) is 13.2 Å². The third-order valence-corrected chi connectivity index (χ3v) is 9.39. The summed E-state index contributed by atoms with van der Waals surface area (Å²) in [6.45, 7) is 11.1. The van der Waals surface area contributed by atoms with Crippen molar-refractivity contribution in [2.24, 2.45) is 11.8 Å². The van der Waals surface area contributed by atoms with Crippen molar-refractivity contribution in [3.63, 3.8) is 0 Å². The summed E-state index contributed by atoms with van der Waals surface area (Å²) < 4.78 is 12.1. The quantitative estimate of drug-likeness (QED) is 0.242. The van der Waals surface area contributed by atoms with Crippen LogP contribution in [-0.2, 0) is 28.7 Å². The summed E-state index contributed by atoms with van der Waals surface area (Å²) in [7, 11) is 0. The van der Waals surface area contributed by atoms with Crippen molar-refractivity contribution in [2.45, 2.75) is 63.3 Å². The molecule has 2 aromatic rings. The summed E-state index contributed by atoms with van der Waals surface area (Å²) in [5.41, 5.74) is 2.08. The number of nitrogens with one attached hydrogen (secondary N) is 1. The molecule has 0 aromatic heterocycles. The number of aryl methyl sites for hydroxylation is 2. The van der Waals surface area contributed by atoms with Gasteiger partial charge in [-0.05, 0) is 55.9 Å². The Labute approximate surface area is 270 Å². The predicted octanol–water partition coefficient (Wildman–Crippen LogP) is 3.56. The molecular formula is C36H43N3O7. The van der Waals surface area contributed by atoms with E-state index in [-0.39, 0.29) is 44.5 Å². The molecule has 46 heavy (non-hydrogen) atoms. The molecule has 1 spiro atoms. The number of β-amino-alcohol motifs (C(OH)–C–C–N with tert-alkyl or cyclic N) is 1. The highest BCUT2D eigenvalue weighted by Gasteiger charge is 2.74. The fraction of sp³-hybridized carbons (Fsp3) is 0.444. The van der Waals surface area contributed by atoms with Crippen LogP contribution >= 0.6 is 0 Å². The lowest BCUT2D eigenvalue weighted by Gasteiger charge is -2.37. The minimum Gasteiger partial charge on any atom is -0.463 e. The molecule has 5 rings (SSSR count). The van der Waals surface area contributed by atoms with Crippen LogP contribution < -0.4 is 10.2 Å². The molecule has 6 atom stereocenters. The van der Waals surface area contributed by atoms with Gasteiger partial charge >= 0.3 is 5.97 Å². The van der Waals surface area contributed by atoms with E-state index in [1.54, 1.807) is 17.1 Å². The minimum atomic E-state index is -1.23. The average Bonchev–Trinajstić information content (AvgIpc) is 3.69. The number of esters is 1. The number of hydrogen-bond donors (Lipinski definition) is 2. The summed E-state index contributed by atoms with van der Waals surface area (Å²) in [6, 6.07) is 13.3. The van der Waals surface area contributed by atoms with Crippen LogP contribution in [0.15, 0.2) is 73.8 Å². The number of nitrogens with zero attached hydrogens (tertiary/aromatic N) is 2. The zero-order chi connectivity index (χ0) is 33.0. The lowest BCUT2D eigenvalue weighted by atomic mass is 9.70. The van der Waals surface area contributed by atoms with Gasteiger partial charge in [-0.1, -0.05) is 54.6 Å². The van der Waals surface area contributed by atoms with Gasteiger partial charge in [0.2, 0.25) is 11.8 Å². The molecule has 3 aliphatic rings. The summed E-state index contributed by atoms with van der Waals surface area (Å²) in [6.07, 6.45) is 4.28. The summed E-state index contributed by atoms with van der Waals surface area (Å²) in [5, 5.41) is 13.0. The zero-order valence-electron chi connectivity index (χ0n) is 26.5. The summed E-state index contributed by atoms with van der Waals surface area (Å²) >= 11 is 0. The van der Waals surface area contributed by atoms with Gasteiger partial charge in [-0.3, -0.25) is 19.2 Å². The van der Waals surface area contributed by atoms with Gasteiger partial charge in [-0.2, -0.15) is 0 Å². The molecule has 244 valence electrons. The first-order chi connectivity index (χ1) is 22.2. The second-order valence-corrected chi connectivity index (χ2v) is 12.3. The number of ether oxygens (including phenoxy) is 2. The highest BCUT2D eigenvalue weighted by atomic mass is 16.5. The van der Waals surface area contributed by atoms with Crippen molar-refractivity contribution in [3.8, 4) is 0 Å². The van der Waals surface area contributed by atoms with Crippen molar-refractivity contribution in [1.82, 2.24) is 10.2 Å². The second kappa shape index (κ2) is 14.0. The molecule has 2 aromatic carbocycles. The maximum absolute atomic E-state index is 14.6. The predicted molar refractivity (Wildman–Crippen MR) is 173 cm³/mol. The first-order valence-corrected chi connectivity index (χ1v) is 15.9. The molecule has 0 aliphatic carbocycles. The lowest BCUT2D eigenvalue weighted by molar-refractivity contribution is -0.146. The van der Waals surface area contributed by atoms with Crippen LogP contribution in [0, 0.1) is 25.7 Å². The van der Waals surface area contributed by atoms with Gasteiger partial charge in [0.05, 0.1) is 30.6 Å². The molecule has 2 bridgehead atoms. The van der Waals surface area contributed by atoms with Gasteiger partial charge in [0, 0.05) is 25.2 Å². The summed E-state index contributed by atoms with van der Waals surface area (Å²) in [5.74, 6) is -3.32. The van der Waals surface area contributed by atoms with E-state index in [1.807, 2.05) is 62.4 Å². The Morgan fingerprint density at radius 2 is 1.93 bits per heavy atom. The Bertz CT molecular complexity index is 1490. The smallest absolute Gasteiger partial charge is 0.306 e. The largest absolute Gasteiger partial charge is 0.463 e. The van der Waals surface area contributed by atoms with Crippen LogP contribution in [-0.4, -0.2) is 77.7 Å². The molecule has 10 nitrogen and oxygen atoms in total. The number of likely N-dealkylation sites (tertiary alicyclic amines) is 1. The number of allylic oxidation sites excluding steroid dienone is 1. The third-order valence-electron chi connectivity index (χ3n) is 9.39. The fourth-order valence-corrected chi connectivity index (χ4v) is 7.32. The number of aliphatic hydroxyl groups excluding tert-OH is 1. The van der Waals surface area contributed by atoms with Gasteiger partial charge in [0.15, 0.2) is 0 Å². The minimum absolute atomic E-state index is 0.0715. The van der Waals surface area contributed by atoms with Gasteiger partial charge in [-0.25, -0.2) is 0 Å². The second-order valence-electron chi connectivity index (χ2n) is 12.3. The maximum Gasteiger partial charge on any atom is 0.306 e. The van der Waals surface area contributed by atoms with Crippen LogP contribution in [0.4, 0.5) is 5.69 Å². The number of rotatable bonds is 14. The van der Waals surface area contributed by atoms with Crippen molar-refractivity contribution < 1.29 is 33.8 Å². The first-order valence-electron chi connectivity index (χ1n) is 15.9. The lowest BCUT2D eigenvalue weighted by Crippen LogP contribution is -2.57. The van der Waals surface area contributed by atoms with Crippen molar-refractivity contribution in [3.05, 3.63) is 90.5 Å². The van der Waals surface area contributed by atoms with Crippen LogP contribution in [0.25, 0.3) is 0 Å². The Morgan fingerprint density at radius 1 is 1.17 bits per heavy atom. The number of carbonyl (C=O) groups excluding carboxylic acids is 4. The number of hydrogen-bond acceptors (Lipinski definition) is 7. The topological polar surface area (TPSA) is 125 Å². The highest BCUT2D eigenvalue weighted by molar-refractivity contribution is 6.05. The normalized spacial score (nSPS) is 25.1. The number of aliphatic hydroxyl groups is 1. The molecule has 0 radical (unpaired) electrons. The van der Waals surface area contributed by atoms with E-state index >= 15 is 0 Å². The molecular weight excluding hydrogens is 586 g/mol. The van der Waals surface area contributed by atoms with Crippen LogP contribution in [0.1, 0.15) is 48.4 Å². The molecule has 3 saturated heterocycles. The van der Waals surface area contributed by atoms with Crippen LogP contribution in [0.5, 0.6) is 0 Å². The molecule has 3 heterocycles. The van der Waals surface area contributed by atoms with Gasteiger partial charge in [0.1, 0.15) is 18.2 Å². The first kappa shape index (κ1) is 33.1. The van der Waals surface area contributed by atoms with Crippen molar-refractivity contribution in [2.75, 3.05) is 31.2 Å². The molecule has 10 heteroatoms. The van der Waals surface area contributed by atoms with E-state index < -0.39 is 47.5 Å². The van der Waals surface area contributed by atoms with E-state index in [4.69, 9.17) is 9.47 Å². The van der Waals surface area contributed by atoms with Crippen molar-refractivity contribution in [1.29, 1.82) is 0 Å². The standard InChI is InChI=1S/C36H43N3O7/c1-5-7-13-29(41)45-22-26(25-11-9-8-10-12-25)37-33(42)30-28-16-17-36(46-28)31(30)34(43)39(19-20-40)32(36)35(44)38(18-6-2)27-21-23(3)14-15-24(27)4/h5-6,8-12,14-15,21,26,28,30-32,40H,1-2,7,13,16-20,22H2,3-4H3,(H,37,42)/t26-,28-,30+,31+,32-,36+/m0/s1.